The standard InChI is InChI=1S/C15H21BrN2O/c1-11-4-3-7-18(10-11)15(19)9-17-13-6-5-12(2)14(16)8-13/h5-6,8,11,17H,3-4,7,9-10H2,1-2H3. The van der Waals surface area contributed by atoms with Crippen LogP contribution in [-0.2, 0) is 4.79 Å². The summed E-state index contributed by atoms with van der Waals surface area (Å²) in [6.45, 7) is 6.45. The molecule has 1 aromatic carbocycles. The lowest BCUT2D eigenvalue weighted by Crippen LogP contribution is -2.41. The van der Waals surface area contributed by atoms with E-state index in [4.69, 9.17) is 0 Å². The molecule has 1 N–H and O–H groups in total. The van der Waals surface area contributed by atoms with Crippen molar-refractivity contribution in [2.45, 2.75) is 26.7 Å². The van der Waals surface area contributed by atoms with Crippen molar-refractivity contribution in [1.29, 1.82) is 0 Å². The Bertz CT molecular complexity index is 461. The molecular formula is C15H21BrN2O. The molecule has 19 heavy (non-hydrogen) atoms. The van der Waals surface area contributed by atoms with E-state index in [2.05, 4.69) is 28.2 Å². The SMILES string of the molecule is Cc1ccc(NCC(=O)N2CCCC(C)C2)cc1Br. The quantitative estimate of drug-likeness (QED) is 0.923. The van der Waals surface area contributed by atoms with Gasteiger partial charge in [-0.1, -0.05) is 28.9 Å². The van der Waals surface area contributed by atoms with E-state index in [-0.39, 0.29) is 5.91 Å². The largest absolute Gasteiger partial charge is 0.376 e. The van der Waals surface area contributed by atoms with Gasteiger partial charge < -0.3 is 10.2 Å². The number of carbonyl (C=O) groups excluding carboxylic acids is 1. The van der Waals surface area contributed by atoms with Gasteiger partial charge in [0.2, 0.25) is 5.91 Å². The van der Waals surface area contributed by atoms with Gasteiger partial charge in [0.15, 0.2) is 0 Å². The van der Waals surface area contributed by atoms with Crippen LogP contribution in [0.5, 0.6) is 0 Å². The molecule has 1 atom stereocenters. The highest BCUT2D eigenvalue weighted by Crippen LogP contribution is 2.21. The van der Waals surface area contributed by atoms with Crippen LogP contribution in [0.1, 0.15) is 25.3 Å². The van der Waals surface area contributed by atoms with Crippen molar-refractivity contribution in [2.24, 2.45) is 5.92 Å². The van der Waals surface area contributed by atoms with Crippen LogP contribution in [0, 0.1) is 12.8 Å². The smallest absolute Gasteiger partial charge is 0.241 e. The third-order valence-electron chi connectivity index (χ3n) is 3.63. The maximum Gasteiger partial charge on any atom is 0.241 e. The molecule has 4 heteroatoms. The molecule has 3 nitrogen and oxygen atoms in total. The molecule has 0 spiro atoms. The highest BCUT2D eigenvalue weighted by Gasteiger charge is 2.20. The minimum atomic E-state index is 0.197. The Morgan fingerprint density at radius 3 is 3.00 bits per heavy atom. The number of hydrogen-bond acceptors (Lipinski definition) is 2. The number of nitrogens with zero attached hydrogens (tertiary/aromatic N) is 1. The van der Waals surface area contributed by atoms with E-state index in [0.717, 1.165) is 29.7 Å². The second kappa shape index (κ2) is 6.42. The Morgan fingerprint density at radius 1 is 1.53 bits per heavy atom. The van der Waals surface area contributed by atoms with E-state index in [1.54, 1.807) is 0 Å². The maximum atomic E-state index is 12.1. The Balaban J connectivity index is 1.87. The number of piperidine rings is 1. The number of benzene rings is 1. The van der Waals surface area contributed by atoms with Crippen LogP contribution in [0.3, 0.4) is 0 Å². The third-order valence-corrected chi connectivity index (χ3v) is 4.48. The zero-order valence-corrected chi connectivity index (χ0v) is 13.2. The van der Waals surface area contributed by atoms with Gasteiger partial charge in [-0.3, -0.25) is 4.79 Å². The summed E-state index contributed by atoms with van der Waals surface area (Å²) in [6, 6.07) is 6.06. The number of halogens is 1. The number of nitrogens with one attached hydrogen (secondary N) is 1. The summed E-state index contributed by atoms with van der Waals surface area (Å²) in [5.74, 6) is 0.828. The molecule has 0 aromatic heterocycles. The van der Waals surface area contributed by atoms with E-state index in [1.165, 1.54) is 12.0 Å². The number of anilines is 1. The third kappa shape index (κ3) is 3.96. The lowest BCUT2D eigenvalue weighted by Gasteiger charge is -2.31. The van der Waals surface area contributed by atoms with Gasteiger partial charge >= 0.3 is 0 Å². The molecule has 1 amide bonds. The van der Waals surface area contributed by atoms with Crippen molar-refractivity contribution in [3.63, 3.8) is 0 Å². The highest BCUT2D eigenvalue weighted by molar-refractivity contribution is 9.10. The predicted octanol–water partition coefficient (Wildman–Crippen LogP) is 3.43. The molecular weight excluding hydrogens is 304 g/mol. The van der Waals surface area contributed by atoms with E-state index in [1.807, 2.05) is 30.0 Å². The Morgan fingerprint density at radius 2 is 2.32 bits per heavy atom. The van der Waals surface area contributed by atoms with Crippen LogP contribution in [0.4, 0.5) is 5.69 Å². The Kier molecular flexibility index (Phi) is 4.86. The number of likely N-dealkylation sites (tertiary alicyclic amines) is 1. The van der Waals surface area contributed by atoms with Crippen molar-refractivity contribution in [1.82, 2.24) is 4.90 Å². The van der Waals surface area contributed by atoms with Gasteiger partial charge in [-0.05, 0) is 43.4 Å². The van der Waals surface area contributed by atoms with Crippen molar-refractivity contribution < 1.29 is 4.79 Å². The van der Waals surface area contributed by atoms with Gasteiger partial charge in [-0.15, -0.1) is 0 Å². The summed E-state index contributed by atoms with van der Waals surface area (Å²) < 4.78 is 1.07. The first-order chi connectivity index (χ1) is 9.06. The summed E-state index contributed by atoms with van der Waals surface area (Å²) in [7, 11) is 0. The lowest BCUT2D eigenvalue weighted by atomic mass is 10.0. The molecule has 1 heterocycles. The normalized spacial score (nSPS) is 19.3. The Labute approximate surface area is 123 Å². The molecule has 0 bridgehead atoms. The fraction of sp³-hybridized carbons (Fsp3) is 0.533. The zero-order chi connectivity index (χ0) is 13.8. The predicted molar refractivity (Wildman–Crippen MR) is 82.3 cm³/mol. The van der Waals surface area contributed by atoms with Crippen LogP contribution in [-0.4, -0.2) is 30.4 Å². The summed E-state index contributed by atoms with van der Waals surface area (Å²) in [4.78, 5) is 14.1. The van der Waals surface area contributed by atoms with Crippen molar-refractivity contribution in [2.75, 3.05) is 25.0 Å². The lowest BCUT2D eigenvalue weighted by molar-refractivity contribution is -0.130. The fourth-order valence-corrected chi connectivity index (χ4v) is 2.79. The zero-order valence-electron chi connectivity index (χ0n) is 11.6. The van der Waals surface area contributed by atoms with Gasteiger partial charge in [-0.25, -0.2) is 0 Å². The van der Waals surface area contributed by atoms with Crippen LogP contribution in [0.2, 0.25) is 0 Å². The molecule has 0 aliphatic carbocycles. The molecule has 2 rings (SSSR count). The van der Waals surface area contributed by atoms with Crippen LogP contribution < -0.4 is 5.32 Å². The first kappa shape index (κ1) is 14.4. The number of amides is 1. The first-order valence-electron chi connectivity index (χ1n) is 6.84. The van der Waals surface area contributed by atoms with E-state index in [9.17, 15) is 4.79 Å². The number of aryl methyl sites for hydroxylation is 1. The van der Waals surface area contributed by atoms with Crippen LogP contribution in [0.15, 0.2) is 22.7 Å². The average Bonchev–Trinajstić information content (AvgIpc) is 2.40. The fourth-order valence-electron chi connectivity index (χ4n) is 2.41. The highest BCUT2D eigenvalue weighted by atomic mass is 79.9. The monoisotopic (exact) mass is 324 g/mol. The minimum absolute atomic E-state index is 0.197. The molecule has 1 unspecified atom stereocenters. The number of rotatable bonds is 3. The van der Waals surface area contributed by atoms with Crippen LogP contribution in [0.25, 0.3) is 0 Å². The average molecular weight is 325 g/mol. The topological polar surface area (TPSA) is 32.3 Å². The summed E-state index contributed by atoms with van der Waals surface area (Å²) in [6.07, 6.45) is 2.37. The van der Waals surface area contributed by atoms with Gasteiger partial charge in [0.05, 0.1) is 6.54 Å². The second-order valence-corrected chi connectivity index (χ2v) is 6.26. The van der Waals surface area contributed by atoms with E-state index < -0.39 is 0 Å². The molecule has 1 fully saturated rings. The number of carbonyl (C=O) groups is 1. The molecule has 104 valence electrons. The molecule has 1 aliphatic rings. The maximum absolute atomic E-state index is 12.1. The van der Waals surface area contributed by atoms with E-state index in [0.29, 0.717) is 12.5 Å². The number of hydrogen-bond donors (Lipinski definition) is 1. The summed E-state index contributed by atoms with van der Waals surface area (Å²) in [5.41, 5.74) is 2.18. The molecule has 0 radical (unpaired) electrons. The molecule has 1 aromatic rings. The van der Waals surface area contributed by atoms with Crippen LogP contribution >= 0.6 is 15.9 Å². The molecule has 1 aliphatic heterocycles. The van der Waals surface area contributed by atoms with Crippen molar-refractivity contribution in [3.8, 4) is 0 Å². The van der Waals surface area contributed by atoms with Gasteiger partial charge in [-0.2, -0.15) is 0 Å². The minimum Gasteiger partial charge on any atom is -0.376 e. The van der Waals surface area contributed by atoms with Gasteiger partial charge in [0.25, 0.3) is 0 Å². The summed E-state index contributed by atoms with van der Waals surface area (Å²) in [5, 5.41) is 3.20. The molecule has 1 saturated heterocycles. The van der Waals surface area contributed by atoms with Gasteiger partial charge in [0, 0.05) is 23.2 Å². The van der Waals surface area contributed by atoms with Crippen molar-refractivity contribution in [3.05, 3.63) is 28.2 Å². The second-order valence-electron chi connectivity index (χ2n) is 5.40. The van der Waals surface area contributed by atoms with Gasteiger partial charge in [0.1, 0.15) is 0 Å². The van der Waals surface area contributed by atoms with E-state index >= 15 is 0 Å². The van der Waals surface area contributed by atoms with Crippen molar-refractivity contribution >= 4 is 27.5 Å². The Hall–Kier alpha value is -1.03. The first-order valence-corrected chi connectivity index (χ1v) is 7.63. The molecule has 0 saturated carbocycles. The summed E-state index contributed by atoms with van der Waals surface area (Å²) >= 11 is 3.50.